The van der Waals surface area contributed by atoms with Gasteiger partial charge in [-0.2, -0.15) is 0 Å². The lowest BCUT2D eigenvalue weighted by atomic mass is 10.3. The van der Waals surface area contributed by atoms with E-state index < -0.39 is 23.6 Å². The van der Waals surface area contributed by atoms with E-state index in [0.29, 0.717) is 22.9 Å². The van der Waals surface area contributed by atoms with Gasteiger partial charge < -0.3 is 25.4 Å². The maximum absolute atomic E-state index is 13.2. The standard InChI is InChI=1S/C22H19F2N3O4/c1-30-19-4-2-3-5-20(19)31-16-9-6-14(7-10-16)27-22(29)25-13-21(28)26-15-8-11-17(23)18(24)12-15/h2-12H,13H2,1H3,(H,26,28)(H2,25,27,29). The first-order valence-corrected chi connectivity index (χ1v) is 9.15. The summed E-state index contributed by atoms with van der Waals surface area (Å²) in [6, 6.07) is 16.1. The molecule has 0 aliphatic heterocycles. The summed E-state index contributed by atoms with van der Waals surface area (Å²) >= 11 is 0. The highest BCUT2D eigenvalue weighted by molar-refractivity contribution is 5.96. The van der Waals surface area contributed by atoms with E-state index in [1.807, 2.05) is 12.1 Å². The summed E-state index contributed by atoms with van der Waals surface area (Å²) in [6.07, 6.45) is 0. The van der Waals surface area contributed by atoms with Crippen LogP contribution in [0, 0.1) is 11.6 Å². The van der Waals surface area contributed by atoms with Gasteiger partial charge in [0.05, 0.1) is 13.7 Å². The number of para-hydroxylation sites is 2. The summed E-state index contributed by atoms with van der Waals surface area (Å²) in [4.78, 5) is 23.8. The molecule has 3 rings (SSSR count). The molecule has 3 amide bonds. The normalized spacial score (nSPS) is 10.2. The predicted octanol–water partition coefficient (Wildman–Crippen LogP) is 4.53. The summed E-state index contributed by atoms with van der Waals surface area (Å²) in [5.41, 5.74) is 0.558. The van der Waals surface area contributed by atoms with E-state index in [2.05, 4.69) is 16.0 Å². The van der Waals surface area contributed by atoms with E-state index in [9.17, 15) is 18.4 Å². The van der Waals surface area contributed by atoms with Gasteiger partial charge in [-0.1, -0.05) is 12.1 Å². The molecule has 0 saturated carbocycles. The Balaban J connectivity index is 1.48. The molecule has 9 heteroatoms. The van der Waals surface area contributed by atoms with Crippen molar-refractivity contribution in [3.8, 4) is 17.2 Å². The van der Waals surface area contributed by atoms with Crippen molar-refractivity contribution in [2.75, 3.05) is 24.3 Å². The maximum atomic E-state index is 13.2. The summed E-state index contributed by atoms with van der Waals surface area (Å²) < 4.78 is 37.0. The molecule has 0 unspecified atom stereocenters. The Morgan fingerprint density at radius 1 is 0.839 bits per heavy atom. The number of hydrogen-bond donors (Lipinski definition) is 3. The number of carbonyl (C=O) groups is 2. The second-order valence-corrected chi connectivity index (χ2v) is 6.26. The Labute approximate surface area is 177 Å². The van der Waals surface area contributed by atoms with E-state index >= 15 is 0 Å². The number of methoxy groups -OCH3 is 1. The molecule has 3 aromatic carbocycles. The van der Waals surface area contributed by atoms with Crippen molar-refractivity contribution in [2.24, 2.45) is 0 Å². The molecule has 0 spiro atoms. The molecule has 160 valence electrons. The van der Waals surface area contributed by atoms with Crippen LogP contribution in [0.4, 0.5) is 25.0 Å². The highest BCUT2D eigenvalue weighted by Crippen LogP contribution is 2.31. The molecule has 0 aliphatic carbocycles. The molecule has 0 saturated heterocycles. The van der Waals surface area contributed by atoms with Gasteiger partial charge in [-0.05, 0) is 48.5 Å². The number of rotatable bonds is 7. The number of amides is 3. The Morgan fingerprint density at radius 2 is 1.52 bits per heavy atom. The van der Waals surface area contributed by atoms with E-state index in [1.165, 1.54) is 6.07 Å². The fourth-order valence-corrected chi connectivity index (χ4v) is 2.55. The first-order valence-electron chi connectivity index (χ1n) is 9.15. The van der Waals surface area contributed by atoms with E-state index in [4.69, 9.17) is 9.47 Å². The minimum absolute atomic E-state index is 0.0803. The number of benzene rings is 3. The van der Waals surface area contributed by atoms with E-state index in [1.54, 1.807) is 43.5 Å². The van der Waals surface area contributed by atoms with Crippen molar-refractivity contribution in [3.05, 3.63) is 78.4 Å². The van der Waals surface area contributed by atoms with Crippen molar-refractivity contribution in [3.63, 3.8) is 0 Å². The number of halogens is 2. The lowest BCUT2D eigenvalue weighted by Crippen LogP contribution is -2.35. The monoisotopic (exact) mass is 427 g/mol. The number of carbonyl (C=O) groups excluding carboxylic acids is 2. The van der Waals surface area contributed by atoms with Crippen LogP contribution in [0.3, 0.4) is 0 Å². The molecule has 0 fully saturated rings. The molecule has 31 heavy (non-hydrogen) atoms. The van der Waals surface area contributed by atoms with Gasteiger partial charge in [0.1, 0.15) is 5.75 Å². The van der Waals surface area contributed by atoms with Gasteiger partial charge in [0.25, 0.3) is 0 Å². The highest BCUT2D eigenvalue weighted by Gasteiger charge is 2.09. The fraction of sp³-hybridized carbons (Fsp3) is 0.0909. The highest BCUT2D eigenvalue weighted by atomic mass is 19.2. The Kier molecular flexibility index (Phi) is 7.00. The van der Waals surface area contributed by atoms with Gasteiger partial charge in [-0.25, -0.2) is 13.6 Å². The van der Waals surface area contributed by atoms with Gasteiger partial charge in [0, 0.05) is 17.4 Å². The quantitative estimate of drug-likeness (QED) is 0.517. The van der Waals surface area contributed by atoms with Crippen LogP contribution in [-0.4, -0.2) is 25.6 Å². The Bertz CT molecular complexity index is 1070. The molecule has 7 nitrogen and oxygen atoms in total. The van der Waals surface area contributed by atoms with Gasteiger partial charge in [0.2, 0.25) is 5.91 Å². The third-order valence-electron chi connectivity index (χ3n) is 4.02. The van der Waals surface area contributed by atoms with Crippen LogP contribution in [-0.2, 0) is 4.79 Å². The zero-order valence-electron chi connectivity index (χ0n) is 16.4. The predicted molar refractivity (Wildman–Crippen MR) is 112 cm³/mol. The van der Waals surface area contributed by atoms with Crippen molar-refractivity contribution in [1.29, 1.82) is 0 Å². The summed E-state index contributed by atoms with van der Waals surface area (Å²) in [5, 5.41) is 7.29. The number of hydrogen-bond acceptors (Lipinski definition) is 4. The molecule has 3 N–H and O–H groups in total. The van der Waals surface area contributed by atoms with Crippen LogP contribution in [0.25, 0.3) is 0 Å². The third kappa shape index (κ3) is 6.17. The van der Waals surface area contributed by atoms with Crippen molar-refractivity contribution in [1.82, 2.24) is 5.32 Å². The van der Waals surface area contributed by atoms with Crippen LogP contribution in [0.1, 0.15) is 0 Å². The minimum atomic E-state index is -1.08. The summed E-state index contributed by atoms with van der Waals surface area (Å²) in [5.74, 6) is -1.01. The van der Waals surface area contributed by atoms with Crippen molar-refractivity contribution in [2.45, 2.75) is 0 Å². The third-order valence-corrected chi connectivity index (χ3v) is 4.02. The molecule has 0 aliphatic rings. The summed E-state index contributed by atoms with van der Waals surface area (Å²) in [7, 11) is 1.55. The molecular weight excluding hydrogens is 408 g/mol. The lowest BCUT2D eigenvalue weighted by Gasteiger charge is -2.11. The van der Waals surface area contributed by atoms with Crippen molar-refractivity contribution >= 4 is 23.3 Å². The van der Waals surface area contributed by atoms with Crippen LogP contribution in [0.15, 0.2) is 66.7 Å². The smallest absolute Gasteiger partial charge is 0.319 e. The molecule has 0 heterocycles. The van der Waals surface area contributed by atoms with E-state index in [-0.39, 0.29) is 12.2 Å². The molecule has 0 aromatic heterocycles. The molecule has 3 aromatic rings. The van der Waals surface area contributed by atoms with Gasteiger partial charge in [-0.15, -0.1) is 0 Å². The molecule has 0 atom stereocenters. The van der Waals surface area contributed by atoms with Gasteiger partial charge in [-0.3, -0.25) is 4.79 Å². The summed E-state index contributed by atoms with van der Waals surface area (Å²) in [6.45, 7) is -0.361. The van der Waals surface area contributed by atoms with E-state index in [0.717, 1.165) is 12.1 Å². The molecule has 0 bridgehead atoms. The maximum Gasteiger partial charge on any atom is 0.319 e. The average Bonchev–Trinajstić information content (AvgIpc) is 2.77. The lowest BCUT2D eigenvalue weighted by molar-refractivity contribution is -0.115. The van der Waals surface area contributed by atoms with Crippen molar-refractivity contribution < 1.29 is 27.8 Å². The Morgan fingerprint density at radius 3 is 2.19 bits per heavy atom. The van der Waals surface area contributed by atoms with Gasteiger partial charge >= 0.3 is 6.03 Å². The fourth-order valence-electron chi connectivity index (χ4n) is 2.55. The Hall–Kier alpha value is -4.14. The number of urea groups is 1. The zero-order valence-corrected chi connectivity index (χ0v) is 16.4. The number of nitrogens with one attached hydrogen (secondary N) is 3. The van der Waals surface area contributed by atoms with Crippen LogP contribution in [0.5, 0.6) is 17.2 Å². The van der Waals surface area contributed by atoms with Crippen LogP contribution >= 0.6 is 0 Å². The second kappa shape index (κ2) is 10.1. The molecule has 0 radical (unpaired) electrons. The minimum Gasteiger partial charge on any atom is -0.493 e. The first-order chi connectivity index (χ1) is 14.9. The number of ether oxygens (including phenoxy) is 2. The second-order valence-electron chi connectivity index (χ2n) is 6.26. The van der Waals surface area contributed by atoms with Crippen LogP contribution in [0.2, 0.25) is 0 Å². The SMILES string of the molecule is COc1ccccc1Oc1ccc(NC(=O)NCC(=O)Nc2ccc(F)c(F)c2)cc1. The van der Waals surface area contributed by atoms with Crippen LogP contribution < -0.4 is 25.4 Å². The topological polar surface area (TPSA) is 88.7 Å². The largest absolute Gasteiger partial charge is 0.493 e. The van der Waals surface area contributed by atoms with Gasteiger partial charge in [0.15, 0.2) is 23.1 Å². The molecular formula is C22H19F2N3O4. The zero-order chi connectivity index (χ0) is 22.2. The number of anilines is 2. The average molecular weight is 427 g/mol. The first kappa shape index (κ1) is 21.6.